The van der Waals surface area contributed by atoms with Gasteiger partial charge in [-0.2, -0.15) is 0 Å². The van der Waals surface area contributed by atoms with Crippen molar-refractivity contribution < 1.29 is 39.5 Å². The Morgan fingerprint density at radius 3 is 2.22 bits per heavy atom. The van der Waals surface area contributed by atoms with Crippen LogP contribution in [0.1, 0.15) is 20.3 Å². The van der Waals surface area contributed by atoms with Crippen molar-refractivity contribution in [2.75, 3.05) is 0 Å². The number of carboxylic acids is 1. The Balaban J connectivity index is 0. The van der Waals surface area contributed by atoms with Gasteiger partial charge in [-0.05, 0) is 18.9 Å². The Morgan fingerprint density at radius 1 is 1.67 bits per heavy atom. The van der Waals surface area contributed by atoms with Crippen molar-refractivity contribution in [1.82, 2.24) is 0 Å². The molecule has 0 aromatic carbocycles. The Labute approximate surface area is 77.2 Å². The number of carbonyl (C=O) groups is 1. The molecule has 0 heterocycles. The van der Waals surface area contributed by atoms with Crippen LogP contribution in [0.4, 0.5) is 0 Å². The molecule has 0 radical (unpaired) electrons. The summed E-state index contributed by atoms with van der Waals surface area (Å²) in [4.78, 5) is 9.91. The predicted octanol–water partition coefficient (Wildman–Crippen LogP) is -2.90. The monoisotopic (exact) mass is 136 g/mol. The maximum absolute atomic E-state index is 9.91. The largest absolute Gasteiger partial charge is 1.00 e. The summed E-state index contributed by atoms with van der Waals surface area (Å²) < 4.78 is 0. The molecule has 0 saturated carbocycles. The Hall–Kier alpha value is 0.210. The Kier molecular flexibility index (Phi) is 8.40. The van der Waals surface area contributed by atoms with Crippen LogP contribution < -0.4 is 34.7 Å². The van der Waals surface area contributed by atoms with Crippen molar-refractivity contribution >= 4 is 5.97 Å². The van der Waals surface area contributed by atoms with Crippen LogP contribution >= 0.6 is 0 Å². The molecule has 0 fully saturated rings. The van der Waals surface area contributed by atoms with E-state index >= 15 is 0 Å². The van der Waals surface area contributed by atoms with E-state index in [0.29, 0.717) is 5.57 Å². The molecule has 0 saturated heterocycles. The quantitative estimate of drug-likeness (QED) is 0.302. The maximum Gasteiger partial charge on any atom is 1.00 e. The van der Waals surface area contributed by atoms with Crippen LogP contribution in [0.25, 0.3) is 0 Å². The van der Waals surface area contributed by atoms with Crippen molar-refractivity contribution in [1.29, 1.82) is 0 Å². The number of rotatable bonds is 2. The second kappa shape index (κ2) is 6.33. The van der Waals surface area contributed by atoms with Crippen LogP contribution in [-0.4, -0.2) is 5.97 Å². The molecule has 0 aliphatic rings. The summed E-state index contributed by atoms with van der Waals surface area (Å²) in [6, 6.07) is 0. The van der Waals surface area contributed by atoms with Crippen molar-refractivity contribution in [2.24, 2.45) is 0 Å². The standard InChI is InChI=1S/C6H10O2.Na/c1-3-4-5(2)6(7)8;/h4H,3H2,1-2H3,(H,7,8);/q;+1/p-1. The van der Waals surface area contributed by atoms with Gasteiger partial charge in [-0.25, -0.2) is 0 Å². The second-order valence-corrected chi connectivity index (χ2v) is 1.58. The molecule has 0 aliphatic carbocycles. The van der Waals surface area contributed by atoms with Gasteiger partial charge in [0.05, 0.1) is 5.97 Å². The first-order chi connectivity index (χ1) is 3.68. The molecule has 0 atom stereocenters. The molecule has 0 aromatic heterocycles. The van der Waals surface area contributed by atoms with Crippen LogP contribution in [0, 0.1) is 0 Å². The number of aliphatic carboxylic acids is 1. The molecule has 0 aliphatic heterocycles. The summed E-state index contributed by atoms with van der Waals surface area (Å²) in [6.45, 7) is 3.41. The first-order valence-corrected chi connectivity index (χ1v) is 2.56. The Bertz CT molecular complexity index is 118. The fraction of sp³-hybridized carbons (Fsp3) is 0.500. The molecule has 3 heteroatoms. The molecule has 0 unspecified atom stereocenters. The van der Waals surface area contributed by atoms with Gasteiger partial charge in [0.15, 0.2) is 0 Å². The smallest absolute Gasteiger partial charge is 0.545 e. The second-order valence-electron chi connectivity index (χ2n) is 1.58. The van der Waals surface area contributed by atoms with Gasteiger partial charge >= 0.3 is 29.6 Å². The van der Waals surface area contributed by atoms with E-state index < -0.39 is 5.97 Å². The molecule has 0 bridgehead atoms. The molecule has 46 valence electrons. The van der Waals surface area contributed by atoms with Crippen molar-refractivity contribution in [3.63, 3.8) is 0 Å². The van der Waals surface area contributed by atoms with E-state index in [-0.39, 0.29) is 29.6 Å². The van der Waals surface area contributed by atoms with Crippen molar-refractivity contribution in [3.8, 4) is 0 Å². The minimum Gasteiger partial charge on any atom is -0.545 e. The maximum atomic E-state index is 9.91. The van der Waals surface area contributed by atoms with E-state index in [1.807, 2.05) is 6.92 Å². The molecule has 0 N–H and O–H groups in total. The third-order valence-corrected chi connectivity index (χ3v) is 0.832. The van der Waals surface area contributed by atoms with Crippen LogP contribution in [0.3, 0.4) is 0 Å². The van der Waals surface area contributed by atoms with E-state index in [1.165, 1.54) is 6.92 Å². The molecular formula is C6H9NaO2. The summed E-state index contributed by atoms with van der Waals surface area (Å²) in [5.74, 6) is -1.08. The third-order valence-electron chi connectivity index (χ3n) is 0.832. The van der Waals surface area contributed by atoms with E-state index in [2.05, 4.69) is 0 Å². The zero-order chi connectivity index (χ0) is 6.57. The summed E-state index contributed by atoms with van der Waals surface area (Å²) in [7, 11) is 0. The van der Waals surface area contributed by atoms with Crippen molar-refractivity contribution in [2.45, 2.75) is 20.3 Å². The minimum absolute atomic E-state index is 0. The van der Waals surface area contributed by atoms with Gasteiger partial charge in [0.2, 0.25) is 0 Å². The zero-order valence-corrected chi connectivity index (χ0v) is 8.10. The average molecular weight is 136 g/mol. The molecule has 0 spiro atoms. The van der Waals surface area contributed by atoms with Gasteiger partial charge in [0.25, 0.3) is 0 Å². The molecule has 0 amide bonds. The van der Waals surface area contributed by atoms with E-state index in [1.54, 1.807) is 6.08 Å². The zero-order valence-electron chi connectivity index (χ0n) is 6.10. The number of carboxylic acid groups (broad SMARTS) is 1. The fourth-order valence-electron chi connectivity index (χ4n) is 0.390. The summed E-state index contributed by atoms with van der Waals surface area (Å²) in [5.41, 5.74) is 0.313. The van der Waals surface area contributed by atoms with Gasteiger partial charge in [-0.3, -0.25) is 0 Å². The van der Waals surface area contributed by atoms with Crippen LogP contribution in [0.15, 0.2) is 11.6 Å². The number of hydrogen-bond donors (Lipinski definition) is 0. The van der Waals surface area contributed by atoms with Gasteiger partial charge < -0.3 is 9.90 Å². The normalized spacial score (nSPS) is 10.2. The molecule has 0 rings (SSSR count). The van der Waals surface area contributed by atoms with Crippen molar-refractivity contribution in [3.05, 3.63) is 11.6 Å². The number of carbonyl (C=O) groups excluding carboxylic acids is 1. The summed E-state index contributed by atoms with van der Waals surface area (Å²) in [6.07, 6.45) is 2.37. The first kappa shape index (κ1) is 11.9. The topological polar surface area (TPSA) is 40.1 Å². The van der Waals surface area contributed by atoms with E-state index in [4.69, 9.17) is 0 Å². The average Bonchev–Trinajstić information content (AvgIpc) is 1.67. The fourth-order valence-corrected chi connectivity index (χ4v) is 0.390. The molecule has 9 heavy (non-hydrogen) atoms. The van der Waals surface area contributed by atoms with Crippen LogP contribution in [0.5, 0.6) is 0 Å². The number of allylic oxidation sites excluding steroid dienone is 1. The SMILES string of the molecule is CCC=C(C)C(=O)[O-].[Na+]. The summed E-state index contributed by atoms with van der Waals surface area (Å²) >= 11 is 0. The van der Waals surface area contributed by atoms with Crippen LogP contribution in [-0.2, 0) is 4.79 Å². The van der Waals surface area contributed by atoms with E-state index in [9.17, 15) is 9.90 Å². The van der Waals surface area contributed by atoms with Gasteiger partial charge in [-0.1, -0.05) is 13.0 Å². The van der Waals surface area contributed by atoms with Gasteiger partial charge in [0, 0.05) is 0 Å². The molecule has 2 nitrogen and oxygen atoms in total. The number of hydrogen-bond acceptors (Lipinski definition) is 2. The molecular weight excluding hydrogens is 127 g/mol. The van der Waals surface area contributed by atoms with E-state index in [0.717, 1.165) is 6.42 Å². The Morgan fingerprint density at radius 2 is 2.11 bits per heavy atom. The van der Waals surface area contributed by atoms with Gasteiger partial charge in [-0.15, -0.1) is 0 Å². The first-order valence-electron chi connectivity index (χ1n) is 2.56. The molecule has 0 aromatic rings. The van der Waals surface area contributed by atoms with Crippen LogP contribution in [0.2, 0.25) is 0 Å². The third kappa shape index (κ3) is 6.09. The summed E-state index contributed by atoms with van der Waals surface area (Å²) in [5, 5.41) is 9.91. The predicted molar refractivity (Wildman–Crippen MR) is 29.1 cm³/mol. The minimum atomic E-state index is -1.08. The van der Waals surface area contributed by atoms with Gasteiger partial charge in [0.1, 0.15) is 0 Å².